The van der Waals surface area contributed by atoms with Crippen LogP contribution in [0, 0.1) is 0 Å². The van der Waals surface area contributed by atoms with E-state index < -0.39 is 0 Å². The Hall–Kier alpha value is -2.94. The second kappa shape index (κ2) is 5.11. The quantitative estimate of drug-likeness (QED) is 0.715. The number of para-hydroxylation sites is 1. The largest absolute Gasteiger partial charge is 0.304 e. The van der Waals surface area contributed by atoms with Crippen LogP contribution in [-0.4, -0.2) is 10.9 Å². The molecule has 1 aromatic heterocycles. The van der Waals surface area contributed by atoms with Gasteiger partial charge >= 0.3 is 0 Å². The van der Waals surface area contributed by atoms with Crippen molar-refractivity contribution in [1.82, 2.24) is 4.98 Å². The molecule has 2 aromatic carbocycles. The number of benzene rings is 2. The van der Waals surface area contributed by atoms with Gasteiger partial charge in [-0.15, -0.1) is 0 Å². The Bertz CT molecular complexity index is 829. The molecule has 22 heavy (non-hydrogen) atoms. The zero-order chi connectivity index (χ0) is 14.9. The summed E-state index contributed by atoms with van der Waals surface area (Å²) in [6.07, 6.45) is 1.72. The molecule has 1 aliphatic rings. The summed E-state index contributed by atoms with van der Waals surface area (Å²) in [5, 5.41) is 0. The molecule has 3 nitrogen and oxygen atoms in total. The van der Waals surface area contributed by atoms with Crippen LogP contribution < -0.4 is 4.90 Å². The van der Waals surface area contributed by atoms with Crippen molar-refractivity contribution in [2.45, 2.75) is 6.54 Å². The standard InChI is InChI=1S/C19H14N2O/c22-19-16-11-12-20-18(14-7-3-1-4-8-14)17(16)13-21(19)15-9-5-2-6-10-15/h1-12H,13H2. The fraction of sp³-hybridized carbons (Fsp3) is 0.0526. The number of fused-ring (bicyclic) bond motifs is 1. The number of rotatable bonds is 2. The van der Waals surface area contributed by atoms with Crippen LogP contribution in [-0.2, 0) is 6.54 Å². The van der Waals surface area contributed by atoms with Gasteiger partial charge in [0.05, 0.1) is 12.2 Å². The molecule has 0 radical (unpaired) electrons. The Balaban J connectivity index is 1.81. The Morgan fingerprint density at radius 1 is 0.864 bits per heavy atom. The van der Waals surface area contributed by atoms with Gasteiger partial charge in [-0.25, -0.2) is 0 Å². The fourth-order valence-electron chi connectivity index (χ4n) is 2.89. The monoisotopic (exact) mass is 286 g/mol. The van der Waals surface area contributed by atoms with Crippen molar-refractivity contribution in [3.8, 4) is 11.3 Å². The van der Waals surface area contributed by atoms with Crippen LogP contribution in [0.3, 0.4) is 0 Å². The summed E-state index contributed by atoms with van der Waals surface area (Å²) in [5.41, 5.74) is 4.61. The van der Waals surface area contributed by atoms with E-state index in [9.17, 15) is 4.79 Å². The minimum absolute atomic E-state index is 0.0424. The molecule has 0 unspecified atom stereocenters. The normalized spacial score (nSPS) is 13.3. The number of amides is 1. The zero-order valence-corrected chi connectivity index (χ0v) is 11.9. The van der Waals surface area contributed by atoms with Gasteiger partial charge in [-0.1, -0.05) is 48.5 Å². The van der Waals surface area contributed by atoms with Crippen molar-refractivity contribution in [3.63, 3.8) is 0 Å². The van der Waals surface area contributed by atoms with Crippen molar-refractivity contribution in [3.05, 3.63) is 84.1 Å². The predicted molar refractivity (Wildman–Crippen MR) is 86.6 cm³/mol. The van der Waals surface area contributed by atoms with Gasteiger partial charge in [0, 0.05) is 28.6 Å². The fourth-order valence-corrected chi connectivity index (χ4v) is 2.89. The van der Waals surface area contributed by atoms with Gasteiger partial charge in [0.15, 0.2) is 0 Å². The third-order valence-electron chi connectivity index (χ3n) is 3.96. The first-order valence-electron chi connectivity index (χ1n) is 7.25. The van der Waals surface area contributed by atoms with Crippen LogP contribution in [0.4, 0.5) is 5.69 Å². The van der Waals surface area contributed by atoms with E-state index >= 15 is 0 Å². The number of carbonyl (C=O) groups excluding carboxylic acids is 1. The van der Waals surface area contributed by atoms with Gasteiger partial charge < -0.3 is 4.90 Å². The molecule has 0 saturated heterocycles. The van der Waals surface area contributed by atoms with E-state index in [-0.39, 0.29) is 5.91 Å². The summed E-state index contributed by atoms with van der Waals surface area (Å²) in [6.45, 7) is 0.566. The van der Waals surface area contributed by atoms with Gasteiger partial charge in [0.1, 0.15) is 0 Å². The number of pyridine rings is 1. The molecular formula is C19H14N2O. The second-order valence-electron chi connectivity index (χ2n) is 5.28. The van der Waals surface area contributed by atoms with Crippen LogP contribution in [0.25, 0.3) is 11.3 Å². The van der Waals surface area contributed by atoms with Crippen LogP contribution in [0.5, 0.6) is 0 Å². The molecule has 106 valence electrons. The number of nitrogens with zero attached hydrogens (tertiary/aromatic N) is 2. The highest BCUT2D eigenvalue weighted by Gasteiger charge is 2.31. The van der Waals surface area contributed by atoms with Crippen molar-refractivity contribution < 1.29 is 4.79 Å². The molecular weight excluding hydrogens is 272 g/mol. The topological polar surface area (TPSA) is 33.2 Å². The highest BCUT2D eigenvalue weighted by Crippen LogP contribution is 2.33. The number of anilines is 1. The van der Waals surface area contributed by atoms with Crippen molar-refractivity contribution in [2.24, 2.45) is 0 Å². The summed E-state index contributed by atoms with van der Waals surface area (Å²) in [4.78, 5) is 19.0. The summed E-state index contributed by atoms with van der Waals surface area (Å²) < 4.78 is 0. The van der Waals surface area contributed by atoms with E-state index in [4.69, 9.17) is 0 Å². The molecule has 1 aliphatic heterocycles. The molecule has 3 heteroatoms. The molecule has 0 spiro atoms. The van der Waals surface area contributed by atoms with Crippen LogP contribution in [0.2, 0.25) is 0 Å². The lowest BCUT2D eigenvalue weighted by Crippen LogP contribution is -2.22. The van der Waals surface area contributed by atoms with E-state index in [1.807, 2.05) is 66.7 Å². The Labute approximate surface area is 128 Å². The minimum atomic E-state index is 0.0424. The molecule has 0 bridgehead atoms. The van der Waals surface area contributed by atoms with Crippen LogP contribution in [0.1, 0.15) is 15.9 Å². The summed E-state index contributed by atoms with van der Waals surface area (Å²) in [7, 11) is 0. The SMILES string of the molecule is O=C1c2ccnc(-c3ccccc3)c2CN1c1ccccc1. The lowest BCUT2D eigenvalue weighted by Gasteiger charge is -2.15. The molecule has 0 atom stereocenters. The van der Waals surface area contributed by atoms with E-state index in [1.165, 1.54) is 0 Å². The van der Waals surface area contributed by atoms with E-state index in [0.29, 0.717) is 6.54 Å². The van der Waals surface area contributed by atoms with E-state index in [0.717, 1.165) is 28.1 Å². The zero-order valence-electron chi connectivity index (χ0n) is 11.9. The number of aromatic nitrogens is 1. The Kier molecular flexibility index (Phi) is 2.97. The molecule has 3 aromatic rings. The lowest BCUT2D eigenvalue weighted by atomic mass is 10.0. The van der Waals surface area contributed by atoms with Gasteiger partial charge in [-0.2, -0.15) is 0 Å². The Morgan fingerprint density at radius 3 is 2.27 bits per heavy atom. The minimum Gasteiger partial charge on any atom is -0.304 e. The smallest absolute Gasteiger partial charge is 0.259 e. The predicted octanol–water partition coefficient (Wildman–Crippen LogP) is 3.91. The van der Waals surface area contributed by atoms with Gasteiger partial charge in [-0.05, 0) is 18.2 Å². The highest BCUT2D eigenvalue weighted by molar-refractivity contribution is 6.11. The van der Waals surface area contributed by atoms with E-state index in [1.54, 1.807) is 11.1 Å². The molecule has 0 N–H and O–H groups in total. The molecule has 2 heterocycles. The number of carbonyl (C=O) groups is 1. The average molecular weight is 286 g/mol. The third kappa shape index (κ3) is 1.99. The molecule has 0 saturated carbocycles. The maximum atomic E-state index is 12.7. The van der Waals surface area contributed by atoms with Crippen LogP contribution in [0.15, 0.2) is 72.9 Å². The van der Waals surface area contributed by atoms with Crippen molar-refractivity contribution >= 4 is 11.6 Å². The molecule has 4 rings (SSSR count). The molecule has 0 aliphatic carbocycles. The first kappa shape index (κ1) is 12.8. The lowest BCUT2D eigenvalue weighted by molar-refractivity contribution is 0.0996. The van der Waals surface area contributed by atoms with Crippen molar-refractivity contribution in [2.75, 3.05) is 4.90 Å². The average Bonchev–Trinajstić information content (AvgIpc) is 2.94. The maximum Gasteiger partial charge on any atom is 0.259 e. The van der Waals surface area contributed by atoms with Gasteiger partial charge in [-0.3, -0.25) is 9.78 Å². The molecule has 1 amide bonds. The molecule has 0 fully saturated rings. The van der Waals surface area contributed by atoms with Crippen LogP contribution >= 0.6 is 0 Å². The summed E-state index contributed by atoms with van der Waals surface area (Å²) in [5.74, 6) is 0.0424. The van der Waals surface area contributed by atoms with E-state index in [2.05, 4.69) is 4.98 Å². The first-order chi connectivity index (χ1) is 10.8. The Morgan fingerprint density at radius 2 is 1.55 bits per heavy atom. The summed E-state index contributed by atoms with van der Waals surface area (Å²) in [6, 6.07) is 21.6. The number of hydrogen-bond donors (Lipinski definition) is 0. The third-order valence-corrected chi connectivity index (χ3v) is 3.96. The number of hydrogen-bond acceptors (Lipinski definition) is 2. The van der Waals surface area contributed by atoms with Crippen molar-refractivity contribution in [1.29, 1.82) is 0 Å². The summed E-state index contributed by atoms with van der Waals surface area (Å²) >= 11 is 0. The maximum absolute atomic E-state index is 12.7. The first-order valence-corrected chi connectivity index (χ1v) is 7.25. The highest BCUT2D eigenvalue weighted by atomic mass is 16.2. The van der Waals surface area contributed by atoms with Gasteiger partial charge in [0.2, 0.25) is 0 Å². The second-order valence-corrected chi connectivity index (χ2v) is 5.28. The van der Waals surface area contributed by atoms with Gasteiger partial charge in [0.25, 0.3) is 5.91 Å².